The molecule has 2 rings (SSSR count). The number of rotatable bonds is 5. The number of carbonyl (C=O) groups excluding carboxylic acids is 2. The molecule has 0 aliphatic carbocycles. The molecule has 0 fully saturated rings. The zero-order chi connectivity index (χ0) is 15.9. The number of hydrogen-bond donors (Lipinski definition) is 0. The molecule has 4 nitrogen and oxygen atoms in total. The fourth-order valence-electron chi connectivity index (χ4n) is 2.14. The van der Waals surface area contributed by atoms with Gasteiger partial charge < -0.3 is 4.90 Å². The molecule has 0 N–H and O–H groups in total. The Kier molecular flexibility index (Phi) is 5.31. The molecule has 22 heavy (non-hydrogen) atoms. The topological polar surface area (TPSA) is 40.6 Å². The van der Waals surface area contributed by atoms with Gasteiger partial charge in [-0.05, 0) is 24.3 Å². The standard InChI is InChI=1S/C18H20N2O2/c1-19(2)17(21)13-14-18(22)20(15-9-5-3-6-10-15)16-11-7-4-8-12-16/h3-12H,13-14H2,1-2H3. The predicted octanol–water partition coefficient (Wildman–Crippen LogP) is 3.22. The van der Waals surface area contributed by atoms with E-state index in [-0.39, 0.29) is 24.7 Å². The molecule has 0 unspecified atom stereocenters. The molecule has 2 amide bonds. The van der Waals surface area contributed by atoms with Crippen LogP contribution in [0.3, 0.4) is 0 Å². The molecule has 4 heteroatoms. The number of anilines is 2. The summed E-state index contributed by atoms with van der Waals surface area (Å²) in [4.78, 5) is 27.5. The van der Waals surface area contributed by atoms with E-state index in [0.717, 1.165) is 11.4 Å². The molecule has 0 saturated carbocycles. The third-order valence-corrected chi connectivity index (χ3v) is 3.33. The van der Waals surface area contributed by atoms with Crippen LogP contribution in [-0.2, 0) is 9.59 Å². The summed E-state index contributed by atoms with van der Waals surface area (Å²) in [5.74, 6) is -0.137. The van der Waals surface area contributed by atoms with Gasteiger partial charge in [-0.3, -0.25) is 14.5 Å². The Hall–Kier alpha value is -2.62. The van der Waals surface area contributed by atoms with Gasteiger partial charge in [0.15, 0.2) is 0 Å². The van der Waals surface area contributed by atoms with Crippen molar-refractivity contribution in [2.45, 2.75) is 12.8 Å². The van der Waals surface area contributed by atoms with Crippen LogP contribution in [0.5, 0.6) is 0 Å². The van der Waals surface area contributed by atoms with Crippen LogP contribution in [0.2, 0.25) is 0 Å². The summed E-state index contributed by atoms with van der Waals surface area (Å²) in [7, 11) is 3.39. The minimum Gasteiger partial charge on any atom is -0.349 e. The molecule has 2 aromatic carbocycles. The van der Waals surface area contributed by atoms with E-state index in [1.165, 1.54) is 4.90 Å². The van der Waals surface area contributed by atoms with Crippen molar-refractivity contribution in [3.63, 3.8) is 0 Å². The minimum atomic E-state index is -0.0902. The lowest BCUT2D eigenvalue weighted by Gasteiger charge is -2.23. The summed E-state index contributed by atoms with van der Waals surface area (Å²) >= 11 is 0. The summed E-state index contributed by atoms with van der Waals surface area (Å²) in [6, 6.07) is 18.9. The highest BCUT2D eigenvalue weighted by atomic mass is 16.2. The van der Waals surface area contributed by atoms with E-state index < -0.39 is 0 Å². The Labute approximate surface area is 131 Å². The smallest absolute Gasteiger partial charge is 0.232 e. The van der Waals surface area contributed by atoms with Crippen LogP contribution < -0.4 is 4.90 Å². The fourth-order valence-corrected chi connectivity index (χ4v) is 2.14. The van der Waals surface area contributed by atoms with Crippen LogP contribution >= 0.6 is 0 Å². The van der Waals surface area contributed by atoms with Crippen molar-refractivity contribution in [2.24, 2.45) is 0 Å². The maximum Gasteiger partial charge on any atom is 0.232 e. The van der Waals surface area contributed by atoms with Gasteiger partial charge in [-0.25, -0.2) is 0 Å². The van der Waals surface area contributed by atoms with Crippen LogP contribution in [0, 0.1) is 0 Å². The SMILES string of the molecule is CN(C)C(=O)CCC(=O)N(c1ccccc1)c1ccccc1. The van der Waals surface area contributed by atoms with Gasteiger partial charge in [-0.1, -0.05) is 36.4 Å². The second kappa shape index (κ2) is 7.41. The summed E-state index contributed by atoms with van der Waals surface area (Å²) in [5.41, 5.74) is 1.60. The van der Waals surface area contributed by atoms with Crippen LogP contribution in [0.25, 0.3) is 0 Å². The number of carbonyl (C=O) groups is 2. The van der Waals surface area contributed by atoms with Gasteiger partial charge in [0.25, 0.3) is 0 Å². The molecule has 0 radical (unpaired) electrons. The van der Waals surface area contributed by atoms with E-state index in [4.69, 9.17) is 0 Å². The second-order valence-electron chi connectivity index (χ2n) is 5.19. The molecule has 0 aliphatic heterocycles. The third kappa shape index (κ3) is 3.95. The molecule has 0 heterocycles. The molecule has 114 valence electrons. The average Bonchev–Trinajstić information content (AvgIpc) is 2.54. The summed E-state index contributed by atoms with van der Waals surface area (Å²) in [6.07, 6.45) is 0.392. The molecule has 0 atom stereocenters. The first-order valence-electron chi connectivity index (χ1n) is 7.23. The van der Waals surface area contributed by atoms with Crippen molar-refractivity contribution in [2.75, 3.05) is 19.0 Å². The van der Waals surface area contributed by atoms with Crippen molar-refractivity contribution >= 4 is 23.2 Å². The predicted molar refractivity (Wildman–Crippen MR) is 88.0 cm³/mol. The van der Waals surface area contributed by atoms with Crippen LogP contribution in [0.1, 0.15) is 12.8 Å². The highest BCUT2D eigenvalue weighted by molar-refractivity contribution is 6.01. The molecule has 0 spiro atoms. The molecular formula is C18H20N2O2. The molecule has 0 aromatic heterocycles. The lowest BCUT2D eigenvalue weighted by molar-refractivity contribution is -0.130. The quantitative estimate of drug-likeness (QED) is 0.850. The van der Waals surface area contributed by atoms with Crippen molar-refractivity contribution in [1.82, 2.24) is 4.90 Å². The third-order valence-electron chi connectivity index (χ3n) is 3.33. The highest BCUT2D eigenvalue weighted by Crippen LogP contribution is 2.26. The van der Waals surface area contributed by atoms with Gasteiger partial charge in [0.2, 0.25) is 11.8 Å². The molecule has 0 bridgehead atoms. The van der Waals surface area contributed by atoms with E-state index in [9.17, 15) is 9.59 Å². The van der Waals surface area contributed by atoms with Gasteiger partial charge in [-0.2, -0.15) is 0 Å². The highest BCUT2D eigenvalue weighted by Gasteiger charge is 2.18. The lowest BCUT2D eigenvalue weighted by Crippen LogP contribution is -2.28. The number of benzene rings is 2. The van der Waals surface area contributed by atoms with Gasteiger partial charge in [0.05, 0.1) is 0 Å². The lowest BCUT2D eigenvalue weighted by atomic mass is 10.2. The fraction of sp³-hybridized carbons (Fsp3) is 0.222. The Morgan fingerprint density at radius 1 is 0.727 bits per heavy atom. The van der Waals surface area contributed by atoms with E-state index in [2.05, 4.69) is 0 Å². The maximum atomic E-state index is 12.6. The first-order valence-corrected chi connectivity index (χ1v) is 7.23. The van der Waals surface area contributed by atoms with Gasteiger partial charge >= 0.3 is 0 Å². The second-order valence-corrected chi connectivity index (χ2v) is 5.19. The van der Waals surface area contributed by atoms with Crippen molar-refractivity contribution in [3.05, 3.63) is 60.7 Å². The van der Waals surface area contributed by atoms with E-state index in [1.807, 2.05) is 60.7 Å². The normalized spacial score (nSPS) is 10.1. The van der Waals surface area contributed by atoms with Gasteiger partial charge in [-0.15, -0.1) is 0 Å². The molecule has 0 saturated heterocycles. The molecule has 0 aliphatic rings. The van der Waals surface area contributed by atoms with Crippen molar-refractivity contribution in [1.29, 1.82) is 0 Å². The molecule has 2 aromatic rings. The Bertz CT molecular complexity index is 585. The van der Waals surface area contributed by atoms with Crippen LogP contribution in [-0.4, -0.2) is 30.8 Å². The zero-order valence-electron chi connectivity index (χ0n) is 12.9. The average molecular weight is 296 g/mol. The number of para-hydroxylation sites is 2. The number of hydrogen-bond acceptors (Lipinski definition) is 2. The number of amides is 2. The Morgan fingerprint density at radius 3 is 1.55 bits per heavy atom. The summed E-state index contributed by atoms with van der Waals surface area (Å²) in [6.45, 7) is 0. The van der Waals surface area contributed by atoms with Crippen LogP contribution in [0.15, 0.2) is 60.7 Å². The van der Waals surface area contributed by atoms with E-state index in [1.54, 1.807) is 19.0 Å². The first-order chi connectivity index (χ1) is 10.6. The van der Waals surface area contributed by atoms with Gasteiger partial charge in [0, 0.05) is 38.3 Å². The zero-order valence-corrected chi connectivity index (χ0v) is 12.9. The number of nitrogens with zero attached hydrogens (tertiary/aromatic N) is 2. The molecular weight excluding hydrogens is 276 g/mol. The Morgan fingerprint density at radius 2 is 1.14 bits per heavy atom. The van der Waals surface area contributed by atoms with Crippen molar-refractivity contribution in [3.8, 4) is 0 Å². The van der Waals surface area contributed by atoms with Crippen molar-refractivity contribution < 1.29 is 9.59 Å². The monoisotopic (exact) mass is 296 g/mol. The minimum absolute atomic E-state index is 0.0468. The summed E-state index contributed by atoms with van der Waals surface area (Å²) < 4.78 is 0. The maximum absolute atomic E-state index is 12.6. The van der Waals surface area contributed by atoms with Gasteiger partial charge in [0.1, 0.15) is 0 Å². The van der Waals surface area contributed by atoms with Crippen LogP contribution in [0.4, 0.5) is 11.4 Å². The van der Waals surface area contributed by atoms with E-state index >= 15 is 0 Å². The Balaban J connectivity index is 2.22. The first kappa shape index (κ1) is 15.8. The largest absolute Gasteiger partial charge is 0.349 e. The van der Waals surface area contributed by atoms with E-state index in [0.29, 0.717) is 0 Å². The summed E-state index contributed by atoms with van der Waals surface area (Å²) in [5, 5.41) is 0.